The molecule has 0 spiro atoms. The Balaban J connectivity index is 1.75. The van der Waals surface area contributed by atoms with E-state index < -0.39 is 11.7 Å². The van der Waals surface area contributed by atoms with Crippen molar-refractivity contribution < 1.29 is 23.1 Å². The molecule has 0 saturated heterocycles. The Labute approximate surface area is 166 Å². The number of nitrogens with one attached hydrogen (secondary N) is 2. The van der Waals surface area contributed by atoms with Gasteiger partial charge in [-0.15, -0.1) is 0 Å². The molecule has 3 aromatic rings. The number of nitrogens with zero attached hydrogens (tertiary/aromatic N) is 1. The lowest BCUT2D eigenvalue weighted by molar-refractivity contribution is -0.120. The molecule has 150 valence electrons. The Kier molecular flexibility index (Phi) is 6.70. The maximum Gasteiger partial charge on any atom is 0.252 e. The topological polar surface area (TPSA) is 93.5 Å². The minimum Gasteiger partial charge on any atom is -0.436 e. The molecule has 0 fully saturated rings. The van der Waals surface area contributed by atoms with Crippen LogP contribution in [-0.4, -0.2) is 43.6 Å². The van der Waals surface area contributed by atoms with E-state index in [0.717, 1.165) is 0 Å². The number of methoxy groups -OCH3 is 1. The van der Waals surface area contributed by atoms with Crippen molar-refractivity contribution in [3.05, 3.63) is 66.1 Å². The Morgan fingerprint density at radius 2 is 1.79 bits per heavy atom. The molecule has 2 amide bonds. The van der Waals surface area contributed by atoms with Crippen molar-refractivity contribution in [1.82, 2.24) is 15.6 Å². The molecule has 7 nitrogen and oxygen atoms in total. The fourth-order valence-electron chi connectivity index (χ4n) is 2.66. The van der Waals surface area contributed by atoms with Crippen molar-refractivity contribution in [2.45, 2.75) is 0 Å². The van der Waals surface area contributed by atoms with Gasteiger partial charge >= 0.3 is 0 Å². The van der Waals surface area contributed by atoms with Crippen LogP contribution in [0.5, 0.6) is 0 Å². The van der Waals surface area contributed by atoms with Gasteiger partial charge in [0.15, 0.2) is 5.76 Å². The van der Waals surface area contributed by atoms with E-state index >= 15 is 0 Å². The fraction of sp³-hybridized carbons (Fsp3) is 0.190. The first-order valence-electron chi connectivity index (χ1n) is 8.94. The number of oxazole rings is 1. The highest BCUT2D eigenvalue weighted by Crippen LogP contribution is 2.29. The quantitative estimate of drug-likeness (QED) is 0.570. The smallest absolute Gasteiger partial charge is 0.252 e. The molecule has 0 atom stereocenters. The normalized spacial score (nSPS) is 10.6. The van der Waals surface area contributed by atoms with E-state index in [1.165, 1.54) is 19.4 Å². The number of aromatic nitrogens is 1. The second-order valence-electron chi connectivity index (χ2n) is 6.08. The van der Waals surface area contributed by atoms with Crippen LogP contribution in [0.15, 0.2) is 59.1 Å². The maximum atomic E-state index is 14.0. The van der Waals surface area contributed by atoms with Crippen molar-refractivity contribution in [3.63, 3.8) is 0 Å². The van der Waals surface area contributed by atoms with Gasteiger partial charge in [-0.2, -0.15) is 0 Å². The van der Waals surface area contributed by atoms with Gasteiger partial charge in [0.2, 0.25) is 11.8 Å². The van der Waals surface area contributed by atoms with Crippen molar-refractivity contribution >= 4 is 11.8 Å². The fourth-order valence-corrected chi connectivity index (χ4v) is 2.66. The lowest BCUT2D eigenvalue weighted by Crippen LogP contribution is -2.38. The van der Waals surface area contributed by atoms with Crippen LogP contribution in [0, 0.1) is 5.82 Å². The van der Waals surface area contributed by atoms with E-state index in [1.807, 2.05) is 0 Å². The van der Waals surface area contributed by atoms with Gasteiger partial charge < -0.3 is 19.8 Å². The average molecular weight is 397 g/mol. The number of hydrogen-bond acceptors (Lipinski definition) is 5. The van der Waals surface area contributed by atoms with Gasteiger partial charge in [0, 0.05) is 19.2 Å². The summed E-state index contributed by atoms with van der Waals surface area (Å²) in [7, 11) is 1.53. The van der Waals surface area contributed by atoms with Crippen LogP contribution in [0.4, 0.5) is 4.39 Å². The SMILES string of the molecule is COCCNC(=O)CNC(=O)c1ccccc1-c1ncc(-c2ccccc2F)o1. The van der Waals surface area contributed by atoms with Gasteiger partial charge in [-0.05, 0) is 24.3 Å². The number of hydrogen-bond donors (Lipinski definition) is 2. The molecule has 0 radical (unpaired) electrons. The molecule has 1 aromatic heterocycles. The number of ether oxygens (including phenoxy) is 1. The van der Waals surface area contributed by atoms with E-state index in [2.05, 4.69) is 15.6 Å². The largest absolute Gasteiger partial charge is 0.436 e. The molecule has 2 aromatic carbocycles. The molecule has 0 saturated carbocycles. The van der Waals surface area contributed by atoms with E-state index in [1.54, 1.807) is 42.5 Å². The minimum atomic E-state index is -0.451. The third-order valence-electron chi connectivity index (χ3n) is 4.08. The molecule has 3 rings (SSSR count). The van der Waals surface area contributed by atoms with Crippen LogP contribution in [0.25, 0.3) is 22.8 Å². The molecule has 0 bridgehead atoms. The number of benzene rings is 2. The summed E-state index contributed by atoms with van der Waals surface area (Å²) in [5, 5.41) is 5.18. The highest BCUT2D eigenvalue weighted by molar-refractivity contribution is 6.01. The first-order chi connectivity index (χ1) is 14.1. The number of carbonyl (C=O) groups excluding carboxylic acids is 2. The maximum absolute atomic E-state index is 14.0. The average Bonchev–Trinajstić information content (AvgIpc) is 3.22. The molecule has 0 aliphatic heterocycles. The van der Waals surface area contributed by atoms with Crippen molar-refractivity contribution in [2.24, 2.45) is 0 Å². The van der Waals surface area contributed by atoms with E-state index in [4.69, 9.17) is 9.15 Å². The van der Waals surface area contributed by atoms with E-state index in [-0.39, 0.29) is 29.7 Å². The number of rotatable bonds is 8. The summed E-state index contributed by atoms with van der Waals surface area (Å²) in [6, 6.07) is 12.9. The molecule has 0 unspecified atom stereocenters. The van der Waals surface area contributed by atoms with Gasteiger partial charge in [-0.1, -0.05) is 24.3 Å². The van der Waals surface area contributed by atoms with Gasteiger partial charge in [0.05, 0.1) is 30.5 Å². The van der Waals surface area contributed by atoms with Crippen molar-refractivity contribution in [2.75, 3.05) is 26.8 Å². The lowest BCUT2D eigenvalue weighted by Gasteiger charge is -2.09. The summed E-state index contributed by atoms with van der Waals surface area (Å²) in [4.78, 5) is 28.5. The van der Waals surface area contributed by atoms with Gasteiger partial charge in [-0.25, -0.2) is 9.37 Å². The first-order valence-corrected chi connectivity index (χ1v) is 8.94. The molecule has 2 N–H and O–H groups in total. The predicted octanol–water partition coefficient (Wildman–Crippen LogP) is 2.64. The molecule has 29 heavy (non-hydrogen) atoms. The highest BCUT2D eigenvalue weighted by atomic mass is 19.1. The van der Waals surface area contributed by atoms with Crippen LogP contribution in [0.2, 0.25) is 0 Å². The monoisotopic (exact) mass is 397 g/mol. The Bertz CT molecular complexity index is 1000. The summed E-state index contributed by atoms with van der Waals surface area (Å²) >= 11 is 0. The Morgan fingerprint density at radius 1 is 1.07 bits per heavy atom. The van der Waals surface area contributed by atoms with Crippen LogP contribution < -0.4 is 10.6 Å². The standard InChI is InChI=1S/C21H20FN3O4/c1-28-11-10-23-19(26)13-24-20(27)14-6-2-3-7-15(14)21-25-12-18(29-21)16-8-4-5-9-17(16)22/h2-9,12H,10-11,13H2,1H3,(H,23,26)(H,24,27). The zero-order valence-electron chi connectivity index (χ0n) is 15.8. The molecular weight excluding hydrogens is 377 g/mol. The number of halogens is 1. The Morgan fingerprint density at radius 3 is 2.55 bits per heavy atom. The van der Waals surface area contributed by atoms with E-state index in [9.17, 15) is 14.0 Å². The highest BCUT2D eigenvalue weighted by Gasteiger charge is 2.18. The van der Waals surface area contributed by atoms with Gasteiger partial charge in [0.25, 0.3) is 5.91 Å². The lowest BCUT2D eigenvalue weighted by atomic mass is 10.1. The van der Waals surface area contributed by atoms with E-state index in [0.29, 0.717) is 24.3 Å². The van der Waals surface area contributed by atoms with Gasteiger partial charge in [0.1, 0.15) is 5.82 Å². The Hall–Kier alpha value is -3.52. The van der Waals surface area contributed by atoms with Crippen LogP contribution in [0.3, 0.4) is 0 Å². The number of carbonyl (C=O) groups is 2. The minimum absolute atomic E-state index is 0.178. The molecular formula is C21H20FN3O4. The van der Waals surface area contributed by atoms with Crippen LogP contribution in [0.1, 0.15) is 10.4 Å². The molecule has 1 heterocycles. The third-order valence-corrected chi connectivity index (χ3v) is 4.08. The van der Waals surface area contributed by atoms with Crippen molar-refractivity contribution in [3.8, 4) is 22.8 Å². The van der Waals surface area contributed by atoms with Crippen LogP contribution in [-0.2, 0) is 9.53 Å². The first kappa shape index (κ1) is 20.2. The summed E-state index contributed by atoms with van der Waals surface area (Å²) < 4.78 is 24.5. The summed E-state index contributed by atoms with van der Waals surface area (Å²) in [5.41, 5.74) is 1.01. The third kappa shape index (κ3) is 5.05. The molecule has 0 aliphatic carbocycles. The molecule has 0 aliphatic rings. The zero-order chi connectivity index (χ0) is 20.6. The predicted molar refractivity (Wildman–Crippen MR) is 105 cm³/mol. The zero-order valence-corrected chi connectivity index (χ0v) is 15.8. The number of amides is 2. The summed E-state index contributed by atoms with van der Waals surface area (Å²) in [6.45, 7) is 0.566. The van der Waals surface area contributed by atoms with Crippen LogP contribution >= 0.6 is 0 Å². The summed E-state index contributed by atoms with van der Waals surface area (Å²) in [5.74, 6) is -0.774. The molecule has 8 heteroatoms. The van der Waals surface area contributed by atoms with Gasteiger partial charge in [-0.3, -0.25) is 9.59 Å². The second-order valence-corrected chi connectivity index (χ2v) is 6.08. The summed E-state index contributed by atoms with van der Waals surface area (Å²) in [6.07, 6.45) is 1.41. The second kappa shape index (κ2) is 9.61. The van der Waals surface area contributed by atoms with Crippen molar-refractivity contribution in [1.29, 1.82) is 0 Å².